The molecule has 2 unspecified atom stereocenters. The smallest absolute Gasteiger partial charge is 0.348 e. The summed E-state index contributed by atoms with van der Waals surface area (Å²) in [6.45, 7) is 0. The minimum Gasteiger partial charge on any atom is -0.348 e. The number of aromatic amines is 1. The van der Waals surface area contributed by atoms with E-state index in [4.69, 9.17) is 0 Å². The molecule has 8 heteroatoms. The van der Waals surface area contributed by atoms with Crippen LogP contribution in [0.2, 0.25) is 0 Å². The van der Waals surface area contributed by atoms with Gasteiger partial charge in [-0.3, -0.25) is 9.89 Å². The van der Waals surface area contributed by atoms with Gasteiger partial charge in [0.25, 0.3) is 5.91 Å². The fourth-order valence-electron chi connectivity index (χ4n) is 5.12. The van der Waals surface area contributed by atoms with Gasteiger partial charge in [0.2, 0.25) is 0 Å². The molecule has 0 radical (unpaired) electrons. The Hall–Kier alpha value is -2.87. The molecule has 0 aliphatic carbocycles. The van der Waals surface area contributed by atoms with E-state index >= 15 is 0 Å². The molecule has 2 bridgehead atoms. The van der Waals surface area contributed by atoms with Gasteiger partial charge in [-0.15, -0.1) is 0 Å². The maximum atomic E-state index is 13.5. The normalized spacial score (nSPS) is 23.9. The lowest BCUT2D eigenvalue weighted by Gasteiger charge is -2.36. The average molecular weight is 428 g/mol. The van der Waals surface area contributed by atoms with Crippen LogP contribution in [0.25, 0.3) is 22.0 Å². The molecule has 2 fully saturated rings. The van der Waals surface area contributed by atoms with E-state index in [0.29, 0.717) is 28.6 Å². The van der Waals surface area contributed by atoms with E-state index in [0.717, 1.165) is 31.7 Å². The van der Waals surface area contributed by atoms with Crippen molar-refractivity contribution < 1.29 is 18.0 Å². The number of nitrogens with one attached hydrogen (secondary N) is 2. The predicted molar refractivity (Wildman–Crippen MR) is 112 cm³/mol. The Balaban J connectivity index is 1.45. The van der Waals surface area contributed by atoms with E-state index in [1.807, 2.05) is 0 Å². The molecular weight excluding hydrogens is 405 g/mol. The number of rotatable bonds is 3. The summed E-state index contributed by atoms with van der Waals surface area (Å²) in [4.78, 5) is 15.4. The van der Waals surface area contributed by atoms with Crippen LogP contribution in [0.5, 0.6) is 0 Å². The van der Waals surface area contributed by atoms with Crippen molar-refractivity contribution in [2.45, 2.75) is 50.0 Å². The fourth-order valence-corrected chi connectivity index (χ4v) is 5.12. The maximum Gasteiger partial charge on any atom is 0.417 e. The Kier molecular flexibility index (Phi) is 4.77. The zero-order chi connectivity index (χ0) is 21.8. The standard InChI is InChI=1S/C23H23F3N4O/c1-30-15-7-8-16(30)12-14(11-15)27-22(31)21-18-10-13(6-9-20(18)28-29-21)17-4-2-3-5-19(17)23(24,25)26/h2-6,9-10,14-16H,7-8,11-12H2,1H3,(H,27,31)(H,28,29). The molecule has 0 spiro atoms. The fraction of sp³-hybridized carbons (Fsp3) is 0.391. The van der Waals surface area contributed by atoms with Crippen LogP contribution in [-0.2, 0) is 6.18 Å². The molecule has 0 saturated carbocycles. The highest BCUT2D eigenvalue weighted by Gasteiger charge is 2.39. The van der Waals surface area contributed by atoms with Gasteiger partial charge >= 0.3 is 6.18 Å². The summed E-state index contributed by atoms with van der Waals surface area (Å²) < 4.78 is 40.4. The molecule has 2 N–H and O–H groups in total. The predicted octanol–water partition coefficient (Wildman–Crippen LogP) is 4.60. The van der Waals surface area contributed by atoms with E-state index in [1.165, 1.54) is 12.1 Å². The van der Waals surface area contributed by atoms with E-state index in [1.54, 1.807) is 24.3 Å². The van der Waals surface area contributed by atoms with E-state index in [-0.39, 0.29) is 23.2 Å². The number of hydrogen-bond acceptors (Lipinski definition) is 3. The third kappa shape index (κ3) is 3.59. The van der Waals surface area contributed by atoms with Gasteiger partial charge in [-0.2, -0.15) is 18.3 Å². The first-order valence-corrected chi connectivity index (χ1v) is 10.5. The van der Waals surface area contributed by atoms with Gasteiger partial charge in [-0.25, -0.2) is 0 Å². The maximum absolute atomic E-state index is 13.5. The number of hydrogen-bond donors (Lipinski definition) is 2. The summed E-state index contributed by atoms with van der Waals surface area (Å²) in [6, 6.07) is 11.4. The van der Waals surface area contributed by atoms with Crippen LogP contribution in [0.3, 0.4) is 0 Å². The van der Waals surface area contributed by atoms with Crippen molar-refractivity contribution in [1.29, 1.82) is 0 Å². The molecule has 2 saturated heterocycles. The molecule has 2 aromatic carbocycles. The van der Waals surface area contributed by atoms with Gasteiger partial charge in [0.15, 0.2) is 5.69 Å². The zero-order valence-electron chi connectivity index (χ0n) is 17.0. The number of benzene rings is 2. The summed E-state index contributed by atoms with van der Waals surface area (Å²) in [5.74, 6) is -0.290. The van der Waals surface area contributed by atoms with Crippen LogP contribution in [0.4, 0.5) is 13.2 Å². The van der Waals surface area contributed by atoms with Crippen LogP contribution >= 0.6 is 0 Å². The summed E-state index contributed by atoms with van der Waals surface area (Å²) in [6.07, 6.45) is -0.339. The molecule has 1 amide bonds. The van der Waals surface area contributed by atoms with Gasteiger partial charge in [-0.05, 0) is 62.1 Å². The number of fused-ring (bicyclic) bond motifs is 3. The van der Waals surface area contributed by atoms with E-state index in [9.17, 15) is 18.0 Å². The Morgan fingerprint density at radius 1 is 1.13 bits per heavy atom. The van der Waals surface area contributed by atoms with Crippen molar-refractivity contribution in [2.24, 2.45) is 0 Å². The van der Waals surface area contributed by atoms with Crippen molar-refractivity contribution in [3.8, 4) is 11.1 Å². The quantitative estimate of drug-likeness (QED) is 0.641. The van der Waals surface area contributed by atoms with Crippen LogP contribution in [0, 0.1) is 0 Å². The number of carbonyl (C=O) groups excluding carboxylic acids is 1. The van der Waals surface area contributed by atoms with Crippen LogP contribution in [-0.4, -0.2) is 46.2 Å². The molecule has 2 atom stereocenters. The third-order valence-corrected chi connectivity index (χ3v) is 6.75. The second-order valence-electron chi connectivity index (χ2n) is 8.57. The third-order valence-electron chi connectivity index (χ3n) is 6.75. The van der Waals surface area contributed by atoms with Crippen molar-refractivity contribution in [3.63, 3.8) is 0 Å². The van der Waals surface area contributed by atoms with Crippen molar-refractivity contribution in [2.75, 3.05) is 7.05 Å². The summed E-state index contributed by atoms with van der Waals surface area (Å²) >= 11 is 0. The number of piperidine rings is 1. The highest BCUT2D eigenvalue weighted by Crippen LogP contribution is 2.38. The minimum atomic E-state index is -4.46. The summed E-state index contributed by atoms with van der Waals surface area (Å²) in [7, 11) is 2.14. The summed E-state index contributed by atoms with van der Waals surface area (Å²) in [5, 5.41) is 10.6. The number of H-pyrrole nitrogens is 1. The highest BCUT2D eigenvalue weighted by molar-refractivity contribution is 6.05. The lowest BCUT2D eigenvalue weighted by molar-refractivity contribution is -0.137. The van der Waals surface area contributed by atoms with Crippen molar-refractivity contribution in [3.05, 3.63) is 53.7 Å². The number of halogens is 3. The Morgan fingerprint density at radius 3 is 2.55 bits per heavy atom. The summed E-state index contributed by atoms with van der Waals surface area (Å²) in [5.41, 5.74) is 0.602. The Morgan fingerprint density at radius 2 is 1.84 bits per heavy atom. The molecule has 162 valence electrons. The molecular formula is C23H23F3N4O. The largest absolute Gasteiger partial charge is 0.417 e. The van der Waals surface area contributed by atoms with Gasteiger partial charge in [0.1, 0.15) is 0 Å². The molecule has 31 heavy (non-hydrogen) atoms. The second-order valence-corrected chi connectivity index (χ2v) is 8.57. The Bertz CT molecular complexity index is 1130. The number of alkyl halides is 3. The molecule has 3 heterocycles. The number of aromatic nitrogens is 2. The van der Waals surface area contributed by atoms with Crippen LogP contribution in [0.15, 0.2) is 42.5 Å². The highest BCUT2D eigenvalue weighted by atomic mass is 19.4. The lowest BCUT2D eigenvalue weighted by Crippen LogP contribution is -2.48. The van der Waals surface area contributed by atoms with E-state index < -0.39 is 11.7 Å². The molecule has 2 aliphatic heterocycles. The first kappa shape index (κ1) is 20.1. The number of amides is 1. The van der Waals surface area contributed by atoms with Gasteiger partial charge < -0.3 is 10.2 Å². The number of nitrogens with zero attached hydrogens (tertiary/aromatic N) is 2. The molecule has 3 aromatic rings. The SMILES string of the molecule is CN1C2CCC1CC(NC(=O)c1n[nH]c3ccc(-c4ccccc4C(F)(F)F)cc13)C2. The monoisotopic (exact) mass is 428 g/mol. The minimum absolute atomic E-state index is 0.0800. The molecule has 5 rings (SSSR count). The van der Waals surface area contributed by atoms with E-state index in [2.05, 4.69) is 27.5 Å². The first-order chi connectivity index (χ1) is 14.8. The Labute approximate surface area is 177 Å². The molecule has 5 nitrogen and oxygen atoms in total. The topological polar surface area (TPSA) is 61.0 Å². The lowest BCUT2D eigenvalue weighted by atomic mass is 9.97. The number of carbonyl (C=O) groups is 1. The van der Waals surface area contributed by atoms with Gasteiger partial charge in [0, 0.05) is 23.5 Å². The first-order valence-electron chi connectivity index (χ1n) is 10.5. The van der Waals surface area contributed by atoms with Gasteiger partial charge in [-0.1, -0.05) is 24.3 Å². The molecule has 1 aromatic heterocycles. The van der Waals surface area contributed by atoms with Crippen LogP contribution < -0.4 is 5.32 Å². The average Bonchev–Trinajstić information content (AvgIpc) is 3.23. The zero-order valence-corrected chi connectivity index (χ0v) is 17.0. The van der Waals surface area contributed by atoms with Gasteiger partial charge in [0.05, 0.1) is 11.1 Å². The van der Waals surface area contributed by atoms with Crippen molar-refractivity contribution in [1.82, 2.24) is 20.4 Å². The van der Waals surface area contributed by atoms with Crippen molar-refractivity contribution >= 4 is 16.8 Å². The second kappa shape index (κ2) is 7.37. The van der Waals surface area contributed by atoms with Crippen LogP contribution in [0.1, 0.15) is 41.7 Å². The molecule has 2 aliphatic rings.